The van der Waals surface area contributed by atoms with Gasteiger partial charge in [-0.25, -0.2) is 0 Å². The van der Waals surface area contributed by atoms with Gasteiger partial charge in [0.15, 0.2) is 0 Å². The summed E-state index contributed by atoms with van der Waals surface area (Å²) in [6, 6.07) is 0. The summed E-state index contributed by atoms with van der Waals surface area (Å²) in [6.45, 7) is 1.28. The summed E-state index contributed by atoms with van der Waals surface area (Å²) in [7, 11) is 0. The van der Waals surface area contributed by atoms with Crippen LogP contribution in [0.5, 0.6) is 0 Å². The van der Waals surface area contributed by atoms with E-state index in [4.69, 9.17) is 0 Å². The SMILES string of the molecule is CC/C(=C\CSC)C(F)(F)C(F)(F)F. The topological polar surface area (TPSA) is 0 Å². The molecule has 0 radical (unpaired) electrons. The molecular formula is C8H11F5S. The van der Waals surface area contributed by atoms with Gasteiger partial charge in [0.2, 0.25) is 0 Å². The highest BCUT2D eigenvalue weighted by Gasteiger charge is 2.59. The molecule has 0 bridgehead atoms. The molecular weight excluding hydrogens is 223 g/mol. The molecule has 84 valence electrons. The van der Waals surface area contributed by atoms with Crippen LogP contribution in [-0.2, 0) is 0 Å². The zero-order valence-corrected chi connectivity index (χ0v) is 8.61. The lowest BCUT2D eigenvalue weighted by atomic mass is 10.1. The van der Waals surface area contributed by atoms with E-state index in [2.05, 4.69) is 0 Å². The van der Waals surface area contributed by atoms with Crippen LogP contribution in [0.25, 0.3) is 0 Å². The lowest BCUT2D eigenvalue weighted by molar-refractivity contribution is -0.265. The quantitative estimate of drug-likeness (QED) is 0.525. The van der Waals surface area contributed by atoms with Crippen LogP contribution < -0.4 is 0 Å². The number of rotatable bonds is 4. The third-order valence-corrected chi connectivity index (χ3v) is 2.14. The maximum atomic E-state index is 12.7. The molecule has 0 N–H and O–H groups in total. The summed E-state index contributed by atoms with van der Waals surface area (Å²) in [5.74, 6) is -4.54. The van der Waals surface area contributed by atoms with E-state index in [1.807, 2.05) is 0 Å². The predicted molar refractivity (Wildman–Crippen MR) is 47.8 cm³/mol. The number of alkyl halides is 5. The van der Waals surface area contributed by atoms with Gasteiger partial charge in [0.25, 0.3) is 0 Å². The summed E-state index contributed by atoms with van der Waals surface area (Å²) < 4.78 is 61.1. The highest BCUT2D eigenvalue weighted by Crippen LogP contribution is 2.42. The molecule has 0 saturated carbocycles. The molecule has 0 aliphatic rings. The van der Waals surface area contributed by atoms with E-state index in [-0.39, 0.29) is 12.2 Å². The van der Waals surface area contributed by atoms with Crippen molar-refractivity contribution in [3.63, 3.8) is 0 Å². The standard InChI is InChI=1S/C8H11F5S/c1-3-6(4-5-14-2)7(9,10)8(11,12)13/h4H,3,5H2,1-2H3/b6-4+. The number of hydrogen-bond donors (Lipinski definition) is 0. The van der Waals surface area contributed by atoms with Crippen molar-refractivity contribution in [2.24, 2.45) is 0 Å². The minimum Gasteiger partial charge on any atom is -0.191 e. The van der Waals surface area contributed by atoms with Crippen molar-refractivity contribution < 1.29 is 22.0 Å². The Morgan fingerprint density at radius 1 is 1.21 bits per heavy atom. The molecule has 0 nitrogen and oxygen atoms in total. The van der Waals surface area contributed by atoms with Crippen molar-refractivity contribution in [2.45, 2.75) is 25.4 Å². The van der Waals surface area contributed by atoms with Crippen molar-refractivity contribution in [1.29, 1.82) is 0 Å². The van der Waals surface area contributed by atoms with Crippen LogP contribution in [-0.4, -0.2) is 24.1 Å². The molecule has 0 aromatic heterocycles. The molecule has 6 heteroatoms. The van der Waals surface area contributed by atoms with Crippen LogP contribution in [0.3, 0.4) is 0 Å². The summed E-state index contributed by atoms with van der Waals surface area (Å²) in [6.07, 6.45) is -3.21. The van der Waals surface area contributed by atoms with Gasteiger partial charge in [0.05, 0.1) is 0 Å². The van der Waals surface area contributed by atoms with Gasteiger partial charge < -0.3 is 0 Å². The minimum atomic E-state index is -5.49. The highest BCUT2D eigenvalue weighted by atomic mass is 32.2. The van der Waals surface area contributed by atoms with E-state index in [9.17, 15) is 22.0 Å². The summed E-state index contributed by atoms with van der Waals surface area (Å²) >= 11 is 1.19. The van der Waals surface area contributed by atoms with Crippen molar-refractivity contribution >= 4 is 11.8 Å². The molecule has 0 fully saturated rings. The molecule has 0 aliphatic heterocycles. The summed E-state index contributed by atoms with van der Waals surface area (Å²) in [5.41, 5.74) is -0.862. The third-order valence-electron chi connectivity index (χ3n) is 1.64. The van der Waals surface area contributed by atoms with Gasteiger partial charge in [-0.1, -0.05) is 13.0 Å². The average Bonchev–Trinajstić information content (AvgIpc) is 2.03. The first kappa shape index (κ1) is 13.7. The second kappa shape index (κ2) is 5.00. The molecule has 0 aromatic carbocycles. The minimum absolute atomic E-state index is 0.162. The maximum Gasteiger partial charge on any atom is 0.457 e. The van der Waals surface area contributed by atoms with E-state index in [0.717, 1.165) is 6.08 Å². The van der Waals surface area contributed by atoms with E-state index in [0.29, 0.717) is 0 Å². The van der Waals surface area contributed by atoms with Gasteiger partial charge in [-0.05, 0) is 12.7 Å². The van der Waals surface area contributed by atoms with Crippen molar-refractivity contribution in [1.82, 2.24) is 0 Å². The van der Waals surface area contributed by atoms with Crippen LogP contribution in [0.15, 0.2) is 11.6 Å². The monoisotopic (exact) mass is 234 g/mol. The fraction of sp³-hybridized carbons (Fsp3) is 0.750. The summed E-state index contributed by atoms with van der Waals surface area (Å²) in [5, 5.41) is 0. The normalized spacial score (nSPS) is 14.6. The molecule has 0 heterocycles. The Kier molecular flexibility index (Phi) is 4.91. The van der Waals surface area contributed by atoms with Crippen molar-refractivity contribution in [3.05, 3.63) is 11.6 Å². The summed E-state index contributed by atoms with van der Waals surface area (Å²) in [4.78, 5) is 0. The van der Waals surface area contributed by atoms with E-state index < -0.39 is 17.7 Å². The third kappa shape index (κ3) is 3.15. The van der Waals surface area contributed by atoms with E-state index in [1.165, 1.54) is 18.7 Å². The smallest absolute Gasteiger partial charge is 0.191 e. The zero-order chi connectivity index (χ0) is 11.4. The van der Waals surface area contributed by atoms with E-state index in [1.54, 1.807) is 6.26 Å². The first-order valence-electron chi connectivity index (χ1n) is 3.90. The maximum absolute atomic E-state index is 12.7. The average molecular weight is 234 g/mol. The van der Waals surface area contributed by atoms with Crippen LogP contribution in [0.4, 0.5) is 22.0 Å². The lowest BCUT2D eigenvalue weighted by Gasteiger charge is -2.21. The Balaban J connectivity index is 4.84. The highest BCUT2D eigenvalue weighted by molar-refractivity contribution is 7.98. The Morgan fingerprint density at radius 3 is 2.00 bits per heavy atom. The predicted octanol–water partition coefficient (Wildman–Crippen LogP) is 3.88. The van der Waals surface area contributed by atoms with Crippen molar-refractivity contribution in [2.75, 3.05) is 12.0 Å². The fourth-order valence-electron chi connectivity index (χ4n) is 0.861. The van der Waals surface area contributed by atoms with Crippen LogP contribution >= 0.6 is 11.8 Å². The number of halogens is 5. The van der Waals surface area contributed by atoms with Crippen LogP contribution in [0.2, 0.25) is 0 Å². The van der Waals surface area contributed by atoms with Crippen LogP contribution in [0, 0.1) is 0 Å². The molecule has 0 saturated heterocycles. The second-order valence-electron chi connectivity index (χ2n) is 2.61. The van der Waals surface area contributed by atoms with Gasteiger partial charge in [-0.2, -0.15) is 33.7 Å². The molecule has 0 aliphatic carbocycles. The zero-order valence-electron chi connectivity index (χ0n) is 7.79. The number of thioether (sulfide) groups is 1. The fourth-order valence-corrected chi connectivity index (χ4v) is 1.23. The Morgan fingerprint density at radius 2 is 1.71 bits per heavy atom. The molecule has 14 heavy (non-hydrogen) atoms. The molecule has 0 amide bonds. The molecule has 0 unspecified atom stereocenters. The number of allylic oxidation sites excluding steroid dienone is 1. The van der Waals surface area contributed by atoms with Gasteiger partial charge >= 0.3 is 12.1 Å². The van der Waals surface area contributed by atoms with Gasteiger partial charge in [-0.3, -0.25) is 0 Å². The Hall–Kier alpha value is -0.260. The van der Waals surface area contributed by atoms with Gasteiger partial charge in [-0.15, -0.1) is 0 Å². The lowest BCUT2D eigenvalue weighted by Crippen LogP contribution is -2.38. The molecule has 0 atom stereocenters. The van der Waals surface area contributed by atoms with Crippen LogP contribution in [0.1, 0.15) is 13.3 Å². The molecule has 0 aromatic rings. The number of hydrogen-bond acceptors (Lipinski definition) is 1. The van der Waals surface area contributed by atoms with Gasteiger partial charge in [0.1, 0.15) is 0 Å². The van der Waals surface area contributed by atoms with Crippen molar-refractivity contribution in [3.8, 4) is 0 Å². The Bertz CT molecular complexity index is 206. The Labute approximate surface area is 83.6 Å². The van der Waals surface area contributed by atoms with Gasteiger partial charge in [0, 0.05) is 11.3 Å². The van der Waals surface area contributed by atoms with E-state index >= 15 is 0 Å². The molecule has 0 spiro atoms. The molecule has 0 rings (SSSR count). The first-order valence-corrected chi connectivity index (χ1v) is 5.29. The largest absolute Gasteiger partial charge is 0.457 e. The second-order valence-corrected chi connectivity index (χ2v) is 3.52. The first-order chi connectivity index (χ1) is 6.27.